The van der Waals surface area contributed by atoms with Crippen molar-refractivity contribution in [3.8, 4) is 10.6 Å². The fourth-order valence-corrected chi connectivity index (χ4v) is 2.80. The molecule has 0 unspecified atom stereocenters. The number of aromatic nitrogens is 1. The average Bonchev–Trinajstić information content (AvgIpc) is 3.01. The minimum Gasteiger partial charge on any atom is -0.354 e. The third-order valence-electron chi connectivity index (χ3n) is 4.11. The lowest BCUT2D eigenvalue weighted by atomic mass is 10.0. The predicted molar refractivity (Wildman–Crippen MR) is 96.6 cm³/mol. The van der Waals surface area contributed by atoms with Crippen molar-refractivity contribution in [3.05, 3.63) is 41.4 Å². The minimum atomic E-state index is -0.0449. The Labute approximate surface area is 142 Å². The smallest absolute Gasteiger partial charge is 0.220 e. The normalized spacial score (nSPS) is 11.7. The van der Waals surface area contributed by atoms with Crippen LogP contribution in [0.4, 0.5) is 0 Å². The summed E-state index contributed by atoms with van der Waals surface area (Å²) in [4.78, 5) is 18.7. The van der Waals surface area contributed by atoms with Crippen LogP contribution in [-0.2, 0) is 11.2 Å². The number of hydrogen-bond acceptors (Lipinski definition) is 4. The van der Waals surface area contributed by atoms with Gasteiger partial charge in [-0.3, -0.25) is 4.79 Å². The van der Waals surface area contributed by atoms with Crippen LogP contribution in [0.15, 0.2) is 35.7 Å². The third kappa shape index (κ3) is 5.15. The molecule has 124 valence electrons. The molecule has 1 N–H and O–H groups in total. The fraction of sp³-hybridized carbons (Fsp3) is 0.444. The van der Waals surface area contributed by atoms with Crippen LogP contribution < -0.4 is 5.32 Å². The molecule has 0 spiro atoms. The number of nitrogens with one attached hydrogen (secondary N) is 1. The summed E-state index contributed by atoms with van der Waals surface area (Å²) < 4.78 is 0. The summed E-state index contributed by atoms with van der Waals surface area (Å²) in [6, 6.07) is 10.1. The molecule has 23 heavy (non-hydrogen) atoms. The van der Waals surface area contributed by atoms with E-state index < -0.39 is 0 Å². The molecular formula is C18H25N3OS. The van der Waals surface area contributed by atoms with Crippen molar-refractivity contribution < 1.29 is 4.79 Å². The molecule has 1 aromatic heterocycles. The summed E-state index contributed by atoms with van der Waals surface area (Å²) in [5.41, 5.74) is 2.06. The van der Waals surface area contributed by atoms with E-state index in [1.165, 1.54) is 0 Å². The lowest BCUT2D eigenvalue weighted by Gasteiger charge is -2.32. The van der Waals surface area contributed by atoms with E-state index in [9.17, 15) is 4.79 Å². The molecule has 0 fully saturated rings. The minimum absolute atomic E-state index is 0.0449. The van der Waals surface area contributed by atoms with Gasteiger partial charge in [-0.05, 0) is 34.4 Å². The number of carbonyl (C=O) groups excluding carboxylic acids is 1. The summed E-state index contributed by atoms with van der Waals surface area (Å²) in [6.45, 7) is 4.87. The fourth-order valence-electron chi connectivity index (χ4n) is 1.94. The van der Waals surface area contributed by atoms with E-state index in [0.29, 0.717) is 19.4 Å². The number of aryl methyl sites for hydroxylation is 1. The maximum atomic E-state index is 12.0. The second kappa shape index (κ2) is 7.70. The van der Waals surface area contributed by atoms with Crippen molar-refractivity contribution in [2.75, 3.05) is 20.6 Å². The zero-order valence-electron chi connectivity index (χ0n) is 14.3. The van der Waals surface area contributed by atoms with Gasteiger partial charge in [0.25, 0.3) is 0 Å². The van der Waals surface area contributed by atoms with Crippen LogP contribution in [0.5, 0.6) is 0 Å². The maximum Gasteiger partial charge on any atom is 0.220 e. The number of hydrogen-bond donors (Lipinski definition) is 1. The number of rotatable bonds is 7. The van der Waals surface area contributed by atoms with Crippen LogP contribution in [0, 0.1) is 0 Å². The van der Waals surface area contributed by atoms with Crippen LogP contribution >= 0.6 is 11.3 Å². The Morgan fingerprint density at radius 2 is 1.96 bits per heavy atom. The molecule has 5 heteroatoms. The summed E-state index contributed by atoms with van der Waals surface area (Å²) >= 11 is 1.63. The topological polar surface area (TPSA) is 45.2 Å². The monoisotopic (exact) mass is 331 g/mol. The summed E-state index contributed by atoms with van der Waals surface area (Å²) in [5, 5.41) is 6.06. The highest BCUT2D eigenvalue weighted by Gasteiger charge is 2.20. The number of carbonyl (C=O) groups is 1. The zero-order chi connectivity index (χ0) is 16.9. The lowest BCUT2D eigenvalue weighted by Crippen LogP contribution is -2.48. The lowest BCUT2D eigenvalue weighted by molar-refractivity contribution is -0.121. The Morgan fingerprint density at radius 3 is 2.61 bits per heavy atom. The van der Waals surface area contributed by atoms with Crippen LogP contribution in [0.3, 0.4) is 0 Å². The molecule has 0 aliphatic rings. The van der Waals surface area contributed by atoms with Crippen LogP contribution in [0.1, 0.15) is 26.0 Å². The van der Waals surface area contributed by atoms with Crippen molar-refractivity contribution in [1.82, 2.24) is 15.2 Å². The van der Waals surface area contributed by atoms with Gasteiger partial charge in [0.1, 0.15) is 5.01 Å². The first-order chi connectivity index (χ1) is 10.9. The van der Waals surface area contributed by atoms with Gasteiger partial charge in [-0.2, -0.15) is 0 Å². The number of benzene rings is 1. The zero-order valence-corrected chi connectivity index (χ0v) is 15.1. The first kappa shape index (κ1) is 17.6. The highest BCUT2D eigenvalue weighted by atomic mass is 32.1. The molecule has 0 saturated carbocycles. The van der Waals surface area contributed by atoms with Gasteiger partial charge in [0.05, 0.1) is 5.69 Å². The first-order valence-corrected chi connectivity index (χ1v) is 8.70. The van der Waals surface area contributed by atoms with Gasteiger partial charge in [-0.1, -0.05) is 30.3 Å². The van der Waals surface area contributed by atoms with Crippen molar-refractivity contribution in [3.63, 3.8) is 0 Å². The van der Waals surface area contributed by atoms with E-state index in [-0.39, 0.29) is 11.4 Å². The molecule has 0 atom stereocenters. The van der Waals surface area contributed by atoms with Gasteiger partial charge in [-0.25, -0.2) is 4.98 Å². The third-order valence-corrected chi connectivity index (χ3v) is 5.05. The largest absolute Gasteiger partial charge is 0.354 e. The van der Waals surface area contributed by atoms with Crippen molar-refractivity contribution in [2.45, 2.75) is 32.2 Å². The molecule has 2 rings (SSSR count). The molecule has 0 aliphatic heterocycles. The first-order valence-electron chi connectivity index (χ1n) is 7.82. The van der Waals surface area contributed by atoms with Gasteiger partial charge < -0.3 is 10.2 Å². The molecular weight excluding hydrogens is 306 g/mol. The number of nitrogens with zero attached hydrogens (tertiary/aromatic N) is 2. The van der Waals surface area contributed by atoms with Gasteiger partial charge in [0.15, 0.2) is 0 Å². The molecule has 1 aromatic carbocycles. The Hall–Kier alpha value is -1.72. The summed E-state index contributed by atoms with van der Waals surface area (Å²) in [6.07, 6.45) is 1.15. The average molecular weight is 331 g/mol. The molecule has 0 radical (unpaired) electrons. The molecule has 4 nitrogen and oxygen atoms in total. The van der Waals surface area contributed by atoms with E-state index in [4.69, 9.17) is 0 Å². The Kier molecular flexibility index (Phi) is 5.91. The maximum absolute atomic E-state index is 12.0. The van der Waals surface area contributed by atoms with Gasteiger partial charge in [0, 0.05) is 29.4 Å². The van der Waals surface area contributed by atoms with Crippen LogP contribution in [0.2, 0.25) is 0 Å². The van der Waals surface area contributed by atoms with Gasteiger partial charge in [-0.15, -0.1) is 11.3 Å². The SMILES string of the molecule is CN(C)C(C)(C)CNC(=O)CCc1csc(-c2ccccc2)n1. The Balaban J connectivity index is 1.82. The van der Waals surface area contributed by atoms with Crippen LogP contribution in [-0.4, -0.2) is 42.0 Å². The molecule has 0 bridgehead atoms. The standard InChI is InChI=1S/C18H25N3OS/c1-18(2,21(3)4)13-19-16(22)11-10-15-12-23-17(20-15)14-8-6-5-7-9-14/h5-9,12H,10-11,13H2,1-4H3,(H,19,22). The molecule has 1 amide bonds. The summed E-state index contributed by atoms with van der Waals surface area (Å²) in [5.74, 6) is 0.0780. The predicted octanol–water partition coefficient (Wildman–Crippen LogP) is 3.20. The van der Waals surface area contributed by atoms with E-state index in [0.717, 1.165) is 16.3 Å². The highest BCUT2D eigenvalue weighted by Crippen LogP contribution is 2.23. The Bertz CT molecular complexity index is 635. The Morgan fingerprint density at radius 1 is 1.26 bits per heavy atom. The van der Waals surface area contributed by atoms with E-state index in [1.54, 1.807) is 11.3 Å². The van der Waals surface area contributed by atoms with Crippen molar-refractivity contribution in [1.29, 1.82) is 0 Å². The van der Waals surface area contributed by atoms with E-state index in [2.05, 4.69) is 41.2 Å². The van der Waals surface area contributed by atoms with Crippen LogP contribution in [0.25, 0.3) is 10.6 Å². The van der Waals surface area contributed by atoms with Crippen molar-refractivity contribution >= 4 is 17.2 Å². The molecule has 0 aliphatic carbocycles. The summed E-state index contributed by atoms with van der Waals surface area (Å²) in [7, 11) is 4.04. The highest BCUT2D eigenvalue weighted by molar-refractivity contribution is 7.13. The molecule has 1 heterocycles. The second-order valence-electron chi connectivity index (χ2n) is 6.49. The van der Waals surface area contributed by atoms with E-state index >= 15 is 0 Å². The quantitative estimate of drug-likeness (QED) is 0.847. The molecule has 2 aromatic rings. The number of likely N-dealkylation sites (N-methyl/N-ethyl adjacent to an activating group) is 1. The van der Waals surface area contributed by atoms with Gasteiger partial charge in [0.2, 0.25) is 5.91 Å². The number of thiazole rings is 1. The van der Waals surface area contributed by atoms with E-state index in [1.807, 2.05) is 37.7 Å². The second-order valence-corrected chi connectivity index (χ2v) is 7.35. The number of amides is 1. The van der Waals surface area contributed by atoms with Crippen molar-refractivity contribution in [2.24, 2.45) is 0 Å². The van der Waals surface area contributed by atoms with Gasteiger partial charge >= 0.3 is 0 Å². The molecule has 0 saturated heterocycles.